The lowest BCUT2D eigenvalue weighted by molar-refractivity contribution is 0.949. The maximum Gasteiger partial charge on any atom is 0.132 e. The molecule has 2 heterocycles. The van der Waals surface area contributed by atoms with Crippen LogP contribution in [0.1, 0.15) is 12.8 Å². The smallest absolute Gasteiger partial charge is 0.132 e. The quantitative estimate of drug-likeness (QED) is 0.884. The van der Waals surface area contributed by atoms with E-state index in [1.54, 1.807) is 12.3 Å². The van der Waals surface area contributed by atoms with Crippen LogP contribution in [0, 0.1) is 0 Å². The second kappa shape index (κ2) is 5.18. The van der Waals surface area contributed by atoms with E-state index in [0.717, 1.165) is 11.5 Å². The molecule has 1 saturated heterocycles. The van der Waals surface area contributed by atoms with Crippen molar-refractivity contribution < 1.29 is 0 Å². The number of rotatable bonds is 3. The van der Waals surface area contributed by atoms with Crippen LogP contribution in [0.5, 0.6) is 0 Å². The highest BCUT2D eigenvalue weighted by atomic mass is 15.1. The number of nitrogens with one attached hydrogen (secondary N) is 1. The number of benzene rings is 1. The van der Waals surface area contributed by atoms with Gasteiger partial charge in [0.15, 0.2) is 0 Å². The van der Waals surface area contributed by atoms with Crippen molar-refractivity contribution in [1.82, 2.24) is 4.98 Å². The van der Waals surface area contributed by atoms with Crippen LogP contribution in [0.3, 0.4) is 0 Å². The van der Waals surface area contributed by atoms with Gasteiger partial charge in [0, 0.05) is 42.4 Å². The molecule has 1 fully saturated rings. The zero-order valence-electron chi connectivity index (χ0n) is 10.8. The van der Waals surface area contributed by atoms with E-state index >= 15 is 0 Å². The van der Waals surface area contributed by atoms with Crippen LogP contribution in [-0.2, 0) is 0 Å². The lowest BCUT2D eigenvalue weighted by atomic mass is 10.2. The molecule has 0 atom stereocenters. The number of hydrogen-bond donors (Lipinski definition) is 2. The van der Waals surface area contributed by atoms with Crippen molar-refractivity contribution in [2.75, 3.05) is 29.0 Å². The van der Waals surface area contributed by atoms with Crippen molar-refractivity contribution in [2.24, 2.45) is 0 Å². The second-order valence-electron chi connectivity index (χ2n) is 4.84. The van der Waals surface area contributed by atoms with E-state index in [-0.39, 0.29) is 0 Å². The van der Waals surface area contributed by atoms with Gasteiger partial charge in [0.05, 0.1) is 0 Å². The molecule has 1 aliphatic rings. The summed E-state index contributed by atoms with van der Waals surface area (Å²) in [5.41, 5.74) is 8.77. The molecule has 2 aromatic rings. The van der Waals surface area contributed by atoms with Crippen molar-refractivity contribution in [2.45, 2.75) is 12.8 Å². The number of nitrogens with zero attached hydrogens (tertiary/aromatic N) is 2. The van der Waals surface area contributed by atoms with Crippen molar-refractivity contribution in [3.8, 4) is 0 Å². The fraction of sp³-hybridized carbons (Fsp3) is 0.267. The predicted molar refractivity (Wildman–Crippen MR) is 79.8 cm³/mol. The molecule has 1 aromatic heterocycles. The molecule has 0 aliphatic carbocycles. The maximum absolute atomic E-state index is 5.73. The highest BCUT2D eigenvalue weighted by Gasteiger charge is 2.11. The van der Waals surface area contributed by atoms with Crippen molar-refractivity contribution in [3.05, 3.63) is 42.6 Å². The van der Waals surface area contributed by atoms with Gasteiger partial charge in [-0.3, -0.25) is 0 Å². The number of nitrogen functional groups attached to an aromatic ring is 1. The molecule has 3 rings (SSSR count). The molecule has 0 saturated carbocycles. The molecule has 4 nitrogen and oxygen atoms in total. The molecule has 0 amide bonds. The number of anilines is 4. The lowest BCUT2D eigenvalue weighted by Crippen LogP contribution is -2.17. The summed E-state index contributed by atoms with van der Waals surface area (Å²) in [7, 11) is 0. The summed E-state index contributed by atoms with van der Waals surface area (Å²) in [6, 6.07) is 12.1. The van der Waals surface area contributed by atoms with Gasteiger partial charge >= 0.3 is 0 Å². The monoisotopic (exact) mass is 254 g/mol. The average molecular weight is 254 g/mol. The summed E-state index contributed by atoms with van der Waals surface area (Å²) in [6.45, 7) is 2.34. The van der Waals surface area contributed by atoms with E-state index < -0.39 is 0 Å². The minimum absolute atomic E-state index is 0.714. The molecule has 98 valence electrons. The van der Waals surface area contributed by atoms with Gasteiger partial charge in [0.25, 0.3) is 0 Å². The van der Waals surface area contributed by atoms with Crippen LogP contribution in [0.25, 0.3) is 0 Å². The van der Waals surface area contributed by atoms with Crippen LogP contribution in [0.2, 0.25) is 0 Å². The summed E-state index contributed by atoms with van der Waals surface area (Å²) in [5, 5.41) is 3.25. The standard InChI is InChI=1S/C15H18N4/c16-12-7-8-17-15(11-12)18-13-3-5-14(6-4-13)19-9-1-2-10-19/h3-8,11H,1-2,9-10H2,(H3,16,17,18). The number of aromatic nitrogens is 1. The molecule has 0 spiro atoms. The van der Waals surface area contributed by atoms with Gasteiger partial charge < -0.3 is 16.0 Å². The van der Waals surface area contributed by atoms with E-state index in [2.05, 4.69) is 39.5 Å². The first-order valence-corrected chi connectivity index (χ1v) is 6.65. The van der Waals surface area contributed by atoms with Gasteiger partial charge in [-0.15, -0.1) is 0 Å². The average Bonchev–Trinajstić information content (AvgIpc) is 2.94. The van der Waals surface area contributed by atoms with E-state index in [1.807, 2.05) is 6.07 Å². The Balaban J connectivity index is 1.72. The number of pyridine rings is 1. The summed E-state index contributed by atoms with van der Waals surface area (Å²) in [5.74, 6) is 0.772. The van der Waals surface area contributed by atoms with E-state index in [9.17, 15) is 0 Å². The fourth-order valence-corrected chi connectivity index (χ4v) is 2.39. The van der Waals surface area contributed by atoms with Gasteiger partial charge in [-0.1, -0.05) is 0 Å². The summed E-state index contributed by atoms with van der Waals surface area (Å²) < 4.78 is 0. The molecule has 0 bridgehead atoms. The lowest BCUT2D eigenvalue weighted by Gasteiger charge is -2.17. The highest BCUT2D eigenvalue weighted by Crippen LogP contribution is 2.23. The van der Waals surface area contributed by atoms with E-state index in [0.29, 0.717) is 5.69 Å². The van der Waals surface area contributed by atoms with Crippen LogP contribution in [0.15, 0.2) is 42.6 Å². The summed E-state index contributed by atoms with van der Waals surface area (Å²) in [4.78, 5) is 6.65. The van der Waals surface area contributed by atoms with E-state index in [1.165, 1.54) is 31.6 Å². The van der Waals surface area contributed by atoms with Gasteiger partial charge in [-0.2, -0.15) is 0 Å². The van der Waals surface area contributed by atoms with Crippen LogP contribution >= 0.6 is 0 Å². The Hall–Kier alpha value is -2.23. The number of hydrogen-bond acceptors (Lipinski definition) is 4. The Labute approximate surface area is 113 Å². The topological polar surface area (TPSA) is 54.2 Å². The van der Waals surface area contributed by atoms with Gasteiger partial charge in [-0.05, 0) is 43.2 Å². The Morgan fingerprint density at radius 3 is 2.47 bits per heavy atom. The van der Waals surface area contributed by atoms with Crippen LogP contribution in [-0.4, -0.2) is 18.1 Å². The molecule has 4 heteroatoms. The molecular weight excluding hydrogens is 236 g/mol. The summed E-state index contributed by atoms with van der Waals surface area (Å²) in [6.07, 6.45) is 4.30. The molecular formula is C15H18N4. The van der Waals surface area contributed by atoms with Crippen molar-refractivity contribution in [3.63, 3.8) is 0 Å². The van der Waals surface area contributed by atoms with Crippen molar-refractivity contribution in [1.29, 1.82) is 0 Å². The molecule has 1 aromatic carbocycles. The zero-order chi connectivity index (χ0) is 13.1. The number of nitrogens with two attached hydrogens (primary N) is 1. The third-order valence-corrected chi connectivity index (χ3v) is 3.39. The molecule has 1 aliphatic heterocycles. The van der Waals surface area contributed by atoms with Gasteiger partial charge in [-0.25, -0.2) is 4.98 Å². The molecule has 0 unspecified atom stereocenters. The van der Waals surface area contributed by atoms with Crippen LogP contribution < -0.4 is 16.0 Å². The van der Waals surface area contributed by atoms with E-state index in [4.69, 9.17) is 5.73 Å². The molecule has 0 radical (unpaired) electrons. The highest BCUT2D eigenvalue weighted by molar-refractivity contribution is 5.62. The normalized spacial score (nSPS) is 14.6. The van der Waals surface area contributed by atoms with Gasteiger partial charge in [0.2, 0.25) is 0 Å². The first-order chi connectivity index (χ1) is 9.31. The maximum atomic E-state index is 5.73. The third kappa shape index (κ3) is 2.78. The largest absolute Gasteiger partial charge is 0.399 e. The first-order valence-electron chi connectivity index (χ1n) is 6.65. The van der Waals surface area contributed by atoms with Crippen LogP contribution in [0.4, 0.5) is 22.9 Å². The second-order valence-corrected chi connectivity index (χ2v) is 4.84. The van der Waals surface area contributed by atoms with Crippen molar-refractivity contribution >= 4 is 22.9 Å². The SMILES string of the molecule is Nc1ccnc(Nc2ccc(N3CCCC3)cc2)c1. The Morgan fingerprint density at radius 2 is 1.79 bits per heavy atom. The first kappa shape index (κ1) is 11.8. The predicted octanol–water partition coefficient (Wildman–Crippen LogP) is 3.01. The zero-order valence-corrected chi connectivity index (χ0v) is 10.8. The van der Waals surface area contributed by atoms with Gasteiger partial charge in [0.1, 0.15) is 5.82 Å². The fourth-order valence-electron chi connectivity index (χ4n) is 2.39. The third-order valence-electron chi connectivity index (χ3n) is 3.39. The summed E-state index contributed by atoms with van der Waals surface area (Å²) >= 11 is 0. The molecule has 19 heavy (non-hydrogen) atoms. The molecule has 3 N–H and O–H groups in total. The minimum atomic E-state index is 0.714. The Morgan fingerprint density at radius 1 is 1.05 bits per heavy atom. The Bertz CT molecular complexity index is 544. The minimum Gasteiger partial charge on any atom is -0.399 e. The Kier molecular flexibility index (Phi) is 3.23.